The summed E-state index contributed by atoms with van der Waals surface area (Å²) < 4.78 is 14.7. The molecule has 3 aromatic rings. The molecule has 0 spiro atoms. The van der Waals surface area contributed by atoms with Crippen LogP contribution in [0.25, 0.3) is 5.69 Å². The van der Waals surface area contributed by atoms with E-state index in [1.807, 2.05) is 18.2 Å². The SMILES string of the molecule is CN=C(NCCCc1nn(-c2ccc(F)cc2)c(N)c1C#N)NCCc1ccccc1. The van der Waals surface area contributed by atoms with Crippen LogP contribution in [0.1, 0.15) is 23.2 Å². The number of guanidine groups is 1. The third kappa shape index (κ3) is 5.82. The summed E-state index contributed by atoms with van der Waals surface area (Å²) in [5.74, 6) is 0.648. The van der Waals surface area contributed by atoms with Gasteiger partial charge in [0.25, 0.3) is 0 Å². The van der Waals surface area contributed by atoms with Crippen molar-refractivity contribution in [2.24, 2.45) is 4.99 Å². The minimum atomic E-state index is -0.341. The lowest BCUT2D eigenvalue weighted by molar-refractivity contribution is 0.627. The smallest absolute Gasteiger partial charge is 0.190 e. The minimum absolute atomic E-state index is 0.260. The van der Waals surface area contributed by atoms with Gasteiger partial charge < -0.3 is 16.4 Å². The molecule has 2 aromatic carbocycles. The molecule has 0 amide bonds. The van der Waals surface area contributed by atoms with Crippen molar-refractivity contribution in [3.63, 3.8) is 0 Å². The number of aryl methyl sites for hydroxylation is 1. The number of benzene rings is 2. The minimum Gasteiger partial charge on any atom is -0.382 e. The van der Waals surface area contributed by atoms with Gasteiger partial charge in [-0.25, -0.2) is 9.07 Å². The normalized spacial score (nSPS) is 11.2. The number of anilines is 1. The highest BCUT2D eigenvalue weighted by Crippen LogP contribution is 2.21. The lowest BCUT2D eigenvalue weighted by Gasteiger charge is -2.11. The third-order valence-corrected chi connectivity index (χ3v) is 4.83. The van der Waals surface area contributed by atoms with E-state index in [1.54, 1.807) is 19.2 Å². The van der Waals surface area contributed by atoms with Gasteiger partial charge in [0, 0.05) is 20.1 Å². The summed E-state index contributed by atoms with van der Waals surface area (Å²) in [6.07, 6.45) is 2.23. The molecule has 8 heteroatoms. The molecular weight excluding hydrogens is 393 g/mol. The first-order valence-electron chi connectivity index (χ1n) is 10.1. The van der Waals surface area contributed by atoms with Crippen LogP contribution in [0, 0.1) is 17.1 Å². The Balaban J connectivity index is 1.51. The predicted octanol–water partition coefficient (Wildman–Crippen LogP) is 2.81. The van der Waals surface area contributed by atoms with Crippen molar-refractivity contribution < 1.29 is 4.39 Å². The Morgan fingerprint density at radius 3 is 2.48 bits per heavy atom. The van der Waals surface area contributed by atoms with Crippen molar-refractivity contribution in [3.8, 4) is 11.8 Å². The van der Waals surface area contributed by atoms with E-state index < -0.39 is 0 Å². The predicted molar refractivity (Wildman–Crippen MR) is 120 cm³/mol. The molecule has 0 radical (unpaired) electrons. The number of hydrogen-bond acceptors (Lipinski definition) is 4. The van der Waals surface area contributed by atoms with Gasteiger partial charge in [0.05, 0.1) is 11.4 Å². The van der Waals surface area contributed by atoms with Crippen LogP contribution in [-0.2, 0) is 12.8 Å². The summed E-state index contributed by atoms with van der Waals surface area (Å²) in [5.41, 5.74) is 8.96. The van der Waals surface area contributed by atoms with E-state index in [0.717, 1.165) is 25.3 Å². The van der Waals surface area contributed by atoms with Gasteiger partial charge in [-0.3, -0.25) is 4.99 Å². The fourth-order valence-electron chi connectivity index (χ4n) is 3.21. The largest absolute Gasteiger partial charge is 0.382 e. The highest BCUT2D eigenvalue weighted by molar-refractivity contribution is 5.79. The number of halogens is 1. The Kier molecular flexibility index (Phi) is 7.60. The number of nitriles is 1. The van der Waals surface area contributed by atoms with E-state index in [1.165, 1.54) is 22.4 Å². The molecule has 7 nitrogen and oxygen atoms in total. The number of nitrogens with one attached hydrogen (secondary N) is 2. The zero-order chi connectivity index (χ0) is 22.1. The standard InChI is InChI=1S/C23H26FN7/c1-27-23(29-15-13-17-6-3-2-4-7-17)28-14-5-8-21-20(16-25)22(26)31(30-21)19-11-9-18(24)10-12-19/h2-4,6-7,9-12H,5,8,13-15,26H2,1H3,(H2,27,28,29). The summed E-state index contributed by atoms with van der Waals surface area (Å²) in [4.78, 5) is 4.23. The van der Waals surface area contributed by atoms with Gasteiger partial charge in [-0.1, -0.05) is 30.3 Å². The van der Waals surface area contributed by atoms with Crippen molar-refractivity contribution in [2.45, 2.75) is 19.3 Å². The molecule has 0 fully saturated rings. The lowest BCUT2D eigenvalue weighted by atomic mass is 10.1. The Bertz CT molecular complexity index is 1050. The third-order valence-electron chi connectivity index (χ3n) is 4.83. The molecule has 160 valence electrons. The average Bonchev–Trinajstić information content (AvgIpc) is 3.11. The highest BCUT2D eigenvalue weighted by atomic mass is 19.1. The lowest BCUT2D eigenvalue weighted by Crippen LogP contribution is -2.38. The maximum Gasteiger partial charge on any atom is 0.190 e. The molecular formula is C23H26FN7. The summed E-state index contributed by atoms with van der Waals surface area (Å²) in [5, 5.41) is 20.5. The van der Waals surface area contributed by atoms with Gasteiger partial charge >= 0.3 is 0 Å². The van der Waals surface area contributed by atoms with Gasteiger partial charge in [-0.2, -0.15) is 10.4 Å². The molecule has 1 aromatic heterocycles. The van der Waals surface area contributed by atoms with Crippen molar-refractivity contribution in [3.05, 3.63) is 77.2 Å². The Morgan fingerprint density at radius 2 is 1.81 bits per heavy atom. The number of nitrogens with two attached hydrogens (primary N) is 1. The molecule has 0 aliphatic heterocycles. The molecule has 0 aliphatic carbocycles. The molecule has 0 aliphatic rings. The topological polar surface area (TPSA) is 104 Å². The molecule has 31 heavy (non-hydrogen) atoms. The van der Waals surface area contributed by atoms with Gasteiger partial charge in [-0.15, -0.1) is 0 Å². The summed E-state index contributed by atoms with van der Waals surface area (Å²) in [6.45, 7) is 1.44. The summed E-state index contributed by atoms with van der Waals surface area (Å²) >= 11 is 0. The van der Waals surface area contributed by atoms with Crippen LogP contribution < -0.4 is 16.4 Å². The first kappa shape index (κ1) is 21.8. The van der Waals surface area contributed by atoms with E-state index >= 15 is 0 Å². The van der Waals surface area contributed by atoms with Gasteiger partial charge in [-0.05, 0) is 49.1 Å². The number of aliphatic imine (C=N–C) groups is 1. The molecule has 0 saturated heterocycles. The number of nitrogens with zero attached hydrogens (tertiary/aromatic N) is 4. The molecule has 0 bridgehead atoms. The maximum atomic E-state index is 13.2. The van der Waals surface area contributed by atoms with Crippen LogP contribution in [0.3, 0.4) is 0 Å². The fraction of sp³-hybridized carbons (Fsp3) is 0.261. The number of aromatic nitrogens is 2. The summed E-state index contributed by atoms with van der Waals surface area (Å²) in [6, 6.07) is 18.2. The Labute approximate surface area is 181 Å². The van der Waals surface area contributed by atoms with E-state index in [0.29, 0.717) is 29.9 Å². The van der Waals surface area contributed by atoms with Gasteiger partial charge in [0.1, 0.15) is 23.3 Å². The van der Waals surface area contributed by atoms with Crippen molar-refractivity contribution in [1.82, 2.24) is 20.4 Å². The van der Waals surface area contributed by atoms with Crippen molar-refractivity contribution in [2.75, 3.05) is 25.9 Å². The molecule has 0 unspecified atom stereocenters. The fourth-order valence-corrected chi connectivity index (χ4v) is 3.21. The van der Waals surface area contributed by atoms with Crippen LogP contribution in [0.5, 0.6) is 0 Å². The molecule has 0 atom stereocenters. The highest BCUT2D eigenvalue weighted by Gasteiger charge is 2.16. The van der Waals surface area contributed by atoms with E-state index in [4.69, 9.17) is 5.73 Å². The van der Waals surface area contributed by atoms with Crippen LogP contribution in [0.2, 0.25) is 0 Å². The quantitative estimate of drug-likeness (QED) is 0.296. The monoisotopic (exact) mass is 419 g/mol. The summed E-state index contributed by atoms with van der Waals surface area (Å²) in [7, 11) is 1.73. The van der Waals surface area contributed by atoms with Crippen LogP contribution in [-0.4, -0.2) is 35.9 Å². The van der Waals surface area contributed by atoms with Crippen LogP contribution in [0.15, 0.2) is 59.6 Å². The second kappa shape index (κ2) is 10.8. The van der Waals surface area contributed by atoms with Crippen molar-refractivity contribution in [1.29, 1.82) is 5.26 Å². The first-order valence-corrected chi connectivity index (χ1v) is 10.1. The van der Waals surface area contributed by atoms with Crippen LogP contribution >= 0.6 is 0 Å². The zero-order valence-electron chi connectivity index (χ0n) is 17.5. The van der Waals surface area contributed by atoms with E-state index in [-0.39, 0.29) is 11.6 Å². The van der Waals surface area contributed by atoms with Gasteiger partial charge in [0.2, 0.25) is 0 Å². The molecule has 3 rings (SSSR count). The molecule has 0 saturated carbocycles. The second-order valence-corrected chi connectivity index (χ2v) is 6.97. The Hall–Kier alpha value is -3.86. The van der Waals surface area contributed by atoms with Crippen LogP contribution in [0.4, 0.5) is 10.2 Å². The van der Waals surface area contributed by atoms with E-state index in [2.05, 4.69) is 38.9 Å². The second-order valence-electron chi connectivity index (χ2n) is 6.97. The zero-order valence-corrected chi connectivity index (χ0v) is 17.5. The van der Waals surface area contributed by atoms with Crippen molar-refractivity contribution >= 4 is 11.8 Å². The first-order chi connectivity index (χ1) is 15.1. The average molecular weight is 420 g/mol. The number of rotatable bonds is 8. The Morgan fingerprint density at radius 1 is 1.10 bits per heavy atom. The molecule has 1 heterocycles. The van der Waals surface area contributed by atoms with Gasteiger partial charge in [0.15, 0.2) is 5.96 Å². The molecule has 4 N–H and O–H groups in total. The van der Waals surface area contributed by atoms with E-state index in [9.17, 15) is 9.65 Å². The number of nitrogen functional groups attached to an aromatic ring is 1. The number of hydrogen-bond donors (Lipinski definition) is 3. The maximum absolute atomic E-state index is 13.2.